The Hall–Kier alpha value is -1.19. The molecule has 16 heavy (non-hydrogen) atoms. The molecule has 0 atom stereocenters. The zero-order valence-corrected chi connectivity index (χ0v) is 9.36. The van der Waals surface area contributed by atoms with E-state index in [4.69, 9.17) is 23.2 Å². The van der Waals surface area contributed by atoms with E-state index in [1.54, 1.807) is 6.07 Å². The highest BCUT2D eigenvalue weighted by Crippen LogP contribution is 2.30. The maximum absolute atomic E-state index is 13.4. The quantitative estimate of drug-likeness (QED) is 0.743. The van der Waals surface area contributed by atoms with E-state index in [-0.39, 0.29) is 10.7 Å². The van der Waals surface area contributed by atoms with Crippen LogP contribution >= 0.6 is 23.2 Å². The van der Waals surface area contributed by atoms with E-state index in [0.29, 0.717) is 10.6 Å². The van der Waals surface area contributed by atoms with Crippen LogP contribution in [0.1, 0.15) is 0 Å². The van der Waals surface area contributed by atoms with E-state index in [1.165, 1.54) is 12.1 Å². The van der Waals surface area contributed by atoms with Gasteiger partial charge in [-0.1, -0.05) is 23.2 Å². The van der Waals surface area contributed by atoms with E-state index >= 15 is 0 Å². The monoisotopic (exact) mass is 259 g/mol. The van der Waals surface area contributed by atoms with Gasteiger partial charge in [-0.25, -0.2) is 8.78 Å². The fraction of sp³-hybridized carbons (Fsp3) is 0. The minimum absolute atomic E-state index is 0.00284. The summed E-state index contributed by atoms with van der Waals surface area (Å²) in [6.45, 7) is 0. The van der Waals surface area contributed by atoms with Crippen molar-refractivity contribution in [3.63, 3.8) is 0 Å². The van der Waals surface area contributed by atoms with Crippen LogP contribution in [0.4, 0.5) is 8.78 Å². The Kier molecular flexibility index (Phi) is 3.08. The number of rotatable bonds is 1. The fourth-order valence-electron chi connectivity index (χ4n) is 1.29. The minimum Gasteiger partial charge on any atom is -0.250 e. The van der Waals surface area contributed by atoms with E-state index in [9.17, 15) is 8.78 Å². The third-order valence-electron chi connectivity index (χ3n) is 1.99. The van der Waals surface area contributed by atoms with E-state index < -0.39 is 11.6 Å². The summed E-state index contributed by atoms with van der Waals surface area (Å²) in [5, 5.41) is 0.710. The van der Waals surface area contributed by atoms with Crippen molar-refractivity contribution in [1.29, 1.82) is 0 Å². The van der Waals surface area contributed by atoms with Gasteiger partial charge < -0.3 is 0 Å². The standard InChI is InChI=1S/C11H5Cl2F2N/c12-6-1-2-8(9(13)3-6)11-10(15)4-7(14)5-16-11/h1-5H. The van der Waals surface area contributed by atoms with Gasteiger partial charge >= 0.3 is 0 Å². The molecule has 0 aliphatic heterocycles. The van der Waals surface area contributed by atoms with Crippen molar-refractivity contribution in [2.45, 2.75) is 0 Å². The lowest BCUT2D eigenvalue weighted by Crippen LogP contribution is -1.91. The number of benzene rings is 1. The predicted molar refractivity (Wildman–Crippen MR) is 59.6 cm³/mol. The van der Waals surface area contributed by atoms with Crippen LogP contribution in [-0.4, -0.2) is 4.98 Å². The zero-order valence-electron chi connectivity index (χ0n) is 7.85. The molecule has 0 bridgehead atoms. The molecule has 1 aromatic carbocycles. The van der Waals surface area contributed by atoms with Crippen LogP contribution in [0.15, 0.2) is 30.5 Å². The molecule has 2 aromatic rings. The minimum atomic E-state index is -0.760. The molecule has 82 valence electrons. The molecular weight excluding hydrogens is 255 g/mol. The first kappa shape index (κ1) is 11.3. The van der Waals surface area contributed by atoms with Crippen LogP contribution < -0.4 is 0 Å². The van der Waals surface area contributed by atoms with Gasteiger partial charge in [-0.3, -0.25) is 4.98 Å². The summed E-state index contributed by atoms with van der Waals surface area (Å²) in [5.41, 5.74) is 0.381. The molecule has 0 saturated heterocycles. The molecule has 0 saturated carbocycles. The van der Waals surface area contributed by atoms with Crippen molar-refractivity contribution in [2.24, 2.45) is 0 Å². The van der Waals surface area contributed by atoms with Gasteiger partial charge in [0, 0.05) is 16.7 Å². The smallest absolute Gasteiger partial charge is 0.152 e. The SMILES string of the molecule is Fc1cnc(-c2ccc(Cl)cc2Cl)c(F)c1. The molecule has 0 aliphatic rings. The highest BCUT2D eigenvalue weighted by Gasteiger charge is 2.11. The van der Waals surface area contributed by atoms with Gasteiger partial charge in [-0.15, -0.1) is 0 Å². The van der Waals surface area contributed by atoms with Crippen LogP contribution in [0.25, 0.3) is 11.3 Å². The van der Waals surface area contributed by atoms with E-state index in [0.717, 1.165) is 12.3 Å². The number of aromatic nitrogens is 1. The Balaban J connectivity index is 2.59. The Morgan fingerprint density at radius 2 is 1.81 bits per heavy atom. The summed E-state index contributed by atoms with van der Waals surface area (Å²) in [5.74, 6) is -1.49. The highest BCUT2D eigenvalue weighted by atomic mass is 35.5. The molecule has 0 amide bonds. The molecule has 1 nitrogen and oxygen atoms in total. The summed E-state index contributed by atoms with van der Waals surface area (Å²) in [4.78, 5) is 3.66. The van der Waals surface area contributed by atoms with Crippen molar-refractivity contribution < 1.29 is 8.78 Å². The van der Waals surface area contributed by atoms with Crippen molar-refractivity contribution in [3.05, 3.63) is 52.1 Å². The molecule has 1 aromatic heterocycles. The molecule has 0 spiro atoms. The summed E-state index contributed by atoms with van der Waals surface area (Å²) in [6, 6.07) is 5.33. The summed E-state index contributed by atoms with van der Waals surface area (Å²) in [6.07, 6.45) is 0.934. The van der Waals surface area contributed by atoms with Crippen LogP contribution in [0.3, 0.4) is 0 Å². The maximum Gasteiger partial charge on any atom is 0.152 e. The molecule has 0 radical (unpaired) electrons. The van der Waals surface area contributed by atoms with Crippen molar-refractivity contribution in [3.8, 4) is 11.3 Å². The number of hydrogen-bond acceptors (Lipinski definition) is 1. The molecule has 0 N–H and O–H groups in total. The van der Waals surface area contributed by atoms with Crippen LogP contribution in [0.5, 0.6) is 0 Å². The van der Waals surface area contributed by atoms with Crippen molar-refractivity contribution >= 4 is 23.2 Å². The largest absolute Gasteiger partial charge is 0.250 e. The second-order valence-corrected chi connectivity index (χ2v) is 3.95. The van der Waals surface area contributed by atoms with E-state index in [1.807, 2.05) is 0 Å². The van der Waals surface area contributed by atoms with Gasteiger partial charge in [0.2, 0.25) is 0 Å². The Morgan fingerprint density at radius 3 is 2.44 bits per heavy atom. The highest BCUT2D eigenvalue weighted by molar-refractivity contribution is 6.36. The Bertz CT molecular complexity index is 494. The molecule has 0 fully saturated rings. The van der Waals surface area contributed by atoms with Crippen LogP contribution in [0.2, 0.25) is 10.0 Å². The third kappa shape index (κ3) is 2.15. The molecule has 5 heteroatoms. The lowest BCUT2D eigenvalue weighted by atomic mass is 10.1. The molecular formula is C11H5Cl2F2N. The van der Waals surface area contributed by atoms with Gasteiger partial charge in [0.15, 0.2) is 5.82 Å². The summed E-state index contributed by atoms with van der Waals surface area (Å²) in [7, 11) is 0. The number of pyridine rings is 1. The lowest BCUT2D eigenvalue weighted by molar-refractivity contribution is 0.576. The van der Waals surface area contributed by atoms with Gasteiger partial charge in [0.1, 0.15) is 11.5 Å². The maximum atomic E-state index is 13.4. The van der Waals surface area contributed by atoms with Crippen molar-refractivity contribution in [1.82, 2.24) is 4.98 Å². The van der Waals surface area contributed by atoms with Gasteiger partial charge in [0.25, 0.3) is 0 Å². The second kappa shape index (κ2) is 4.36. The number of halogens is 4. The third-order valence-corrected chi connectivity index (χ3v) is 2.54. The predicted octanol–water partition coefficient (Wildman–Crippen LogP) is 4.33. The summed E-state index contributed by atoms with van der Waals surface area (Å²) >= 11 is 11.6. The first-order valence-electron chi connectivity index (χ1n) is 4.34. The summed E-state index contributed by atoms with van der Waals surface area (Å²) < 4.78 is 26.1. The molecule has 0 unspecified atom stereocenters. The zero-order chi connectivity index (χ0) is 11.7. The fourth-order valence-corrected chi connectivity index (χ4v) is 1.79. The van der Waals surface area contributed by atoms with Gasteiger partial charge in [-0.05, 0) is 18.2 Å². The van der Waals surface area contributed by atoms with Gasteiger partial charge in [0.05, 0.1) is 11.2 Å². The first-order valence-corrected chi connectivity index (χ1v) is 5.10. The molecule has 0 aliphatic carbocycles. The van der Waals surface area contributed by atoms with Crippen molar-refractivity contribution in [2.75, 3.05) is 0 Å². The average molecular weight is 260 g/mol. The van der Waals surface area contributed by atoms with E-state index in [2.05, 4.69) is 4.98 Å². The number of hydrogen-bond donors (Lipinski definition) is 0. The molecule has 1 heterocycles. The van der Waals surface area contributed by atoms with Gasteiger partial charge in [-0.2, -0.15) is 0 Å². The second-order valence-electron chi connectivity index (χ2n) is 3.11. The van der Waals surface area contributed by atoms with Crippen LogP contribution in [0, 0.1) is 11.6 Å². The first-order chi connectivity index (χ1) is 7.58. The normalized spacial score (nSPS) is 10.5. The topological polar surface area (TPSA) is 12.9 Å². The average Bonchev–Trinajstić information content (AvgIpc) is 2.19. The Labute approximate surface area is 101 Å². The number of nitrogens with zero attached hydrogens (tertiary/aromatic N) is 1. The molecule has 2 rings (SSSR count). The lowest BCUT2D eigenvalue weighted by Gasteiger charge is -2.05. The van der Waals surface area contributed by atoms with Crippen LogP contribution in [-0.2, 0) is 0 Å². The Morgan fingerprint density at radius 1 is 1.06 bits per heavy atom.